The first-order chi connectivity index (χ1) is 8.84. The Hall–Kier alpha value is -1.51. The standard InChI is InChI=1S/C15H21N3/c16-15-5-4-12-18(15)14-8-6-13(7-9-14)17-10-2-1-3-11-17/h6-9,16H,1-5,10-12H2. The Bertz CT molecular complexity index is 418. The van der Waals surface area contributed by atoms with Gasteiger partial charge in [-0.1, -0.05) is 0 Å². The normalized spacial score (nSPS) is 20.6. The van der Waals surface area contributed by atoms with E-state index in [0.717, 1.165) is 25.2 Å². The molecule has 0 aliphatic carbocycles. The van der Waals surface area contributed by atoms with Crippen LogP contribution in [0, 0.1) is 5.41 Å². The minimum Gasteiger partial charge on any atom is -0.372 e. The fourth-order valence-corrected chi connectivity index (χ4v) is 2.95. The van der Waals surface area contributed by atoms with E-state index in [1.165, 1.54) is 43.7 Å². The number of rotatable bonds is 2. The lowest BCUT2D eigenvalue weighted by molar-refractivity contribution is 0.578. The maximum Gasteiger partial charge on any atom is 0.100 e. The van der Waals surface area contributed by atoms with Crippen LogP contribution in [0.2, 0.25) is 0 Å². The summed E-state index contributed by atoms with van der Waals surface area (Å²) in [5.41, 5.74) is 2.52. The van der Waals surface area contributed by atoms with Gasteiger partial charge in [-0.15, -0.1) is 0 Å². The van der Waals surface area contributed by atoms with Crippen molar-refractivity contribution in [2.75, 3.05) is 29.4 Å². The minimum absolute atomic E-state index is 0.765. The molecular formula is C15H21N3. The lowest BCUT2D eigenvalue weighted by Gasteiger charge is -2.29. The van der Waals surface area contributed by atoms with Crippen molar-refractivity contribution in [3.8, 4) is 0 Å². The molecule has 0 bridgehead atoms. The zero-order valence-electron chi connectivity index (χ0n) is 10.9. The van der Waals surface area contributed by atoms with Crippen LogP contribution in [0.15, 0.2) is 24.3 Å². The third-order valence-corrected chi connectivity index (χ3v) is 4.00. The topological polar surface area (TPSA) is 30.3 Å². The molecule has 18 heavy (non-hydrogen) atoms. The van der Waals surface area contributed by atoms with Crippen molar-refractivity contribution in [1.82, 2.24) is 0 Å². The van der Waals surface area contributed by atoms with Gasteiger partial charge < -0.3 is 9.80 Å². The molecule has 1 aromatic carbocycles. The molecule has 96 valence electrons. The fraction of sp³-hybridized carbons (Fsp3) is 0.533. The molecule has 2 heterocycles. The van der Waals surface area contributed by atoms with Crippen LogP contribution in [0.25, 0.3) is 0 Å². The number of anilines is 2. The molecule has 2 saturated heterocycles. The lowest BCUT2D eigenvalue weighted by Crippen LogP contribution is -2.29. The van der Waals surface area contributed by atoms with Gasteiger partial charge in [-0.05, 0) is 49.9 Å². The number of amidine groups is 1. The van der Waals surface area contributed by atoms with Gasteiger partial charge in [0.1, 0.15) is 5.84 Å². The van der Waals surface area contributed by atoms with E-state index in [-0.39, 0.29) is 0 Å². The predicted octanol–water partition coefficient (Wildman–Crippen LogP) is 3.25. The first-order valence-corrected chi connectivity index (χ1v) is 7.04. The molecule has 1 N–H and O–H groups in total. The van der Waals surface area contributed by atoms with Gasteiger partial charge in [-0.25, -0.2) is 0 Å². The Labute approximate surface area is 109 Å². The monoisotopic (exact) mass is 243 g/mol. The molecule has 0 spiro atoms. The van der Waals surface area contributed by atoms with Gasteiger partial charge in [0, 0.05) is 37.4 Å². The highest BCUT2D eigenvalue weighted by molar-refractivity contribution is 5.97. The Morgan fingerprint density at radius 2 is 1.44 bits per heavy atom. The van der Waals surface area contributed by atoms with Crippen molar-refractivity contribution in [3.63, 3.8) is 0 Å². The van der Waals surface area contributed by atoms with E-state index < -0.39 is 0 Å². The van der Waals surface area contributed by atoms with Gasteiger partial charge in [-0.2, -0.15) is 0 Å². The third kappa shape index (κ3) is 2.22. The molecule has 0 radical (unpaired) electrons. The molecule has 0 amide bonds. The summed E-state index contributed by atoms with van der Waals surface area (Å²) in [6.07, 6.45) is 6.05. The lowest BCUT2D eigenvalue weighted by atomic mass is 10.1. The van der Waals surface area contributed by atoms with Crippen molar-refractivity contribution in [3.05, 3.63) is 24.3 Å². The van der Waals surface area contributed by atoms with Crippen LogP contribution in [0.4, 0.5) is 11.4 Å². The van der Waals surface area contributed by atoms with Crippen LogP contribution in [0.5, 0.6) is 0 Å². The summed E-state index contributed by atoms with van der Waals surface area (Å²) in [4.78, 5) is 4.60. The van der Waals surface area contributed by atoms with Crippen molar-refractivity contribution >= 4 is 17.2 Å². The van der Waals surface area contributed by atoms with Gasteiger partial charge in [-0.3, -0.25) is 5.41 Å². The smallest absolute Gasteiger partial charge is 0.100 e. The second kappa shape index (κ2) is 5.01. The average molecular weight is 243 g/mol. The number of piperidine rings is 1. The number of nitrogens with one attached hydrogen (secondary N) is 1. The van der Waals surface area contributed by atoms with Crippen LogP contribution < -0.4 is 9.80 Å². The molecular weight excluding hydrogens is 222 g/mol. The predicted molar refractivity (Wildman–Crippen MR) is 76.8 cm³/mol. The van der Waals surface area contributed by atoms with Gasteiger partial charge >= 0.3 is 0 Å². The molecule has 1 aromatic rings. The second-order valence-corrected chi connectivity index (χ2v) is 5.27. The Morgan fingerprint density at radius 3 is 2.06 bits per heavy atom. The zero-order chi connectivity index (χ0) is 12.4. The van der Waals surface area contributed by atoms with Crippen molar-refractivity contribution < 1.29 is 0 Å². The molecule has 3 nitrogen and oxygen atoms in total. The van der Waals surface area contributed by atoms with E-state index in [1.807, 2.05) is 0 Å². The van der Waals surface area contributed by atoms with Crippen LogP contribution in [0.1, 0.15) is 32.1 Å². The maximum atomic E-state index is 7.91. The molecule has 3 heteroatoms. The first-order valence-electron chi connectivity index (χ1n) is 7.04. The highest BCUT2D eigenvalue weighted by Gasteiger charge is 2.18. The molecule has 2 aliphatic rings. The Kier molecular flexibility index (Phi) is 3.22. The fourth-order valence-electron chi connectivity index (χ4n) is 2.95. The van der Waals surface area contributed by atoms with E-state index in [4.69, 9.17) is 5.41 Å². The Morgan fingerprint density at radius 1 is 0.778 bits per heavy atom. The van der Waals surface area contributed by atoms with Gasteiger partial charge in [0.25, 0.3) is 0 Å². The van der Waals surface area contributed by atoms with Crippen molar-refractivity contribution in [1.29, 1.82) is 5.41 Å². The SMILES string of the molecule is N=C1CCCN1c1ccc(N2CCCCC2)cc1. The molecule has 2 fully saturated rings. The summed E-state index contributed by atoms with van der Waals surface area (Å²) in [6, 6.07) is 8.77. The van der Waals surface area contributed by atoms with Crippen LogP contribution >= 0.6 is 0 Å². The van der Waals surface area contributed by atoms with Gasteiger partial charge in [0.15, 0.2) is 0 Å². The molecule has 0 aromatic heterocycles. The number of hydrogen-bond donors (Lipinski definition) is 1. The molecule has 0 saturated carbocycles. The van der Waals surface area contributed by atoms with Gasteiger partial charge in [0.2, 0.25) is 0 Å². The average Bonchev–Trinajstić information content (AvgIpc) is 2.86. The summed E-state index contributed by atoms with van der Waals surface area (Å²) in [5.74, 6) is 0.765. The van der Waals surface area contributed by atoms with E-state index >= 15 is 0 Å². The summed E-state index contributed by atoms with van der Waals surface area (Å²) in [5, 5.41) is 7.91. The number of hydrogen-bond acceptors (Lipinski definition) is 2. The third-order valence-electron chi connectivity index (χ3n) is 4.00. The molecule has 3 rings (SSSR count). The molecule has 2 aliphatic heterocycles. The first kappa shape index (κ1) is 11.6. The number of nitrogens with zero attached hydrogens (tertiary/aromatic N) is 2. The van der Waals surface area contributed by atoms with E-state index in [0.29, 0.717) is 0 Å². The maximum absolute atomic E-state index is 7.91. The van der Waals surface area contributed by atoms with E-state index in [2.05, 4.69) is 34.1 Å². The molecule has 0 unspecified atom stereocenters. The zero-order valence-corrected chi connectivity index (χ0v) is 10.9. The summed E-state index contributed by atoms with van der Waals surface area (Å²) < 4.78 is 0. The highest BCUT2D eigenvalue weighted by atomic mass is 15.2. The summed E-state index contributed by atoms with van der Waals surface area (Å²) >= 11 is 0. The van der Waals surface area contributed by atoms with Crippen molar-refractivity contribution in [2.24, 2.45) is 0 Å². The van der Waals surface area contributed by atoms with Crippen LogP contribution in [-0.2, 0) is 0 Å². The number of benzene rings is 1. The Balaban J connectivity index is 1.74. The largest absolute Gasteiger partial charge is 0.372 e. The summed E-state index contributed by atoms with van der Waals surface area (Å²) in [6.45, 7) is 3.39. The van der Waals surface area contributed by atoms with Crippen molar-refractivity contribution in [2.45, 2.75) is 32.1 Å². The van der Waals surface area contributed by atoms with Crippen LogP contribution in [0.3, 0.4) is 0 Å². The minimum atomic E-state index is 0.765. The van der Waals surface area contributed by atoms with Gasteiger partial charge in [0.05, 0.1) is 0 Å². The summed E-state index contributed by atoms with van der Waals surface area (Å²) in [7, 11) is 0. The van der Waals surface area contributed by atoms with E-state index in [9.17, 15) is 0 Å². The molecule has 0 atom stereocenters. The highest BCUT2D eigenvalue weighted by Crippen LogP contribution is 2.26. The van der Waals surface area contributed by atoms with Crippen LogP contribution in [-0.4, -0.2) is 25.5 Å². The van der Waals surface area contributed by atoms with E-state index in [1.54, 1.807) is 0 Å². The quantitative estimate of drug-likeness (QED) is 0.864. The second-order valence-electron chi connectivity index (χ2n) is 5.27.